The van der Waals surface area contributed by atoms with Gasteiger partial charge in [-0.2, -0.15) is 0 Å². The number of carbonyl (C=O) groups is 1. The van der Waals surface area contributed by atoms with Crippen LogP contribution in [-0.2, 0) is 0 Å². The van der Waals surface area contributed by atoms with E-state index >= 15 is 0 Å². The van der Waals surface area contributed by atoms with Gasteiger partial charge in [-0.15, -0.1) is 0 Å². The molecule has 3 rings (SSSR count). The number of halogens is 2. The van der Waals surface area contributed by atoms with Crippen molar-refractivity contribution in [2.75, 3.05) is 12.1 Å². The van der Waals surface area contributed by atoms with Gasteiger partial charge in [-0.1, -0.05) is 11.6 Å². The molecule has 1 aliphatic rings. The highest BCUT2D eigenvalue weighted by atomic mass is 35.5. The third-order valence-electron chi connectivity index (χ3n) is 3.04. The summed E-state index contributed by atoms with van der Waals surface area (Å²) in [5.41, 5.74) is 0.836. The Morgan fingerprint density at radius 3 is 2.74 bits per heavy atom. The van der Waals surface area contributed by atoms with E-state index in [0.29, 0.717) is 22.7 Å². The molecule has 0 atom stereocenters. The summed E-state index contributed by atoms with van der Waals surface area (Å²) in [6, 6.07) is 8.84. The normalized spacial score (nSPS) is 11.9. The van der Waals surface area contributed by atoms with Crippen molar-refractivity contribution in [1.82, 2.24) is 5.32 Å². The molecule has 1 aliphatic heterocycles. The minimum absolute atomic E-state index is 0.0418. The van der Waals surface area contributed by atoms with Gasteiger partial charge in [-0.3, -0.25) is 10.1 Å². The van der Waals surface area contributed by atoms with Gasteiger partial charge in [-0.05, 0) is 48.6 Å². The number of ether oxygens (including phenoxy) is 2. The maximum atomic E-state index is 13.1. The molecule has 0 saturated heterocycles. The maximum Gasteiger partial charge on any atom is 0.257 e. The number of benzene rings is 2. The molecule has 23 heavy (non-hydrogen) atoms. The van der Waals surface area contributed by atoms with Crippen molar-refractivity contribution in [1.29, 1.82) is 0 Å². The van der Waals surface area contributed by atoms with Crippen LogP contribution in [0.25, 0.3) is 0 Å². The molecule has 0 spiro atoms. The van der Waals surface area contributed by atoms with Gasteiger partial charge in [0.15, 0.2) is 16.6 Å². The zero-order valence-electron chi connectivity index (χ0n) is 11.6. The van der Waals surface area contributed by atoms with Crippen LogP contribution in [0.3, 0.4) is 0 Å². The Morgan fingerprint density at radius 1 is 1.17 bits per heavy atom. The Kier molecular flexibility index (Phi) is 4.31. The van der Waals surface area contributed by atoms with Crippen molar-refractivity contribution in [3.63, 3.8) is 0 Å². The van der Waals surface area contributed by atoms with Crippen LogP contribution < -0.4 is 20.1 Å². The molecule has 2 aromatic carbocycles. The van der Waals surface area contributed by atoms with E-state index in [1.165, 1.54) is 18.2 Å². The molecule has 8 heteroatoms. The molecule has 0 saturated carbocycles. The van der Waals surface area contributed by atoms with Crippen LogP contribution in [-0.4, -0.2) is 17.8 Å². The Morgan fingerprint density at radius 2 is 1.96 bits per heavy atom. The van der Waals surface area contributed by atoms with Crippen molar-refractivity contribution < 1.29 is 18.7 Å². The van der Waals surface area contributed by atoms with Gasteiger partial charge in [0.25, 0.3) is 5.91 Å². The standard InChI is InChI=1S/C15H10ClFN2O3S/c16-10-6-9(2-3-11(10)17)18-15(23)19-14(20)8-1-4-12-13(5-8)22-7-21-12/h1-6H,7H2,(H2,18,19,20,23). The fraction of sp³-hybridized carbons (Fsp3) is 0.0667. The highest BCUT2D eigenvalue weighted by molar-refractivity contribution is 7.80. The molecule has 0 unspecified atom stereocenters. The second-order valence-corrected chi connectivity index (χ2v) is 5.42. The number of fused-ring (bicyclic) bond motifs is 1. The first kappa shape index (κ1) is 15.5. The summed E-state index contributed by atoms with van der Waals surface area (Å²) in [7, 11) is 0. The fourth-order valence-corrected chi connectivity index (χ4v) is 2.34. The molecular weight excluding hydrogens is 343 g/mol. The van der Waals surface area contributed by atoms with Gasteiger partial charge < -0.3 is 14.8 Å². The number of rotatable bonds is 2. The molecule has 1 amide bonds. The summed E-state index contributed by atoms with van der Waals surface area (Å²) in [5, 5.41) is 5.30. The SMILES string of the molecule is O=C(NC(=S)Nc1ccc(F)c(Cl)c1)c1ccc2c(c1)OCO2. The predicted molar refractivity (Wildman–Crippen MR) is 87.7 cm³/mol. The minimum Gasteiger partial charge on any atom is -0.454 e. The highest BCUT2D eigenvalue weighted by Crippen LogP contribution is 2.32. The van der Waals surface area contributed by atoms with Crippen LogP contribution >= 0.6 is 23.8 Å². The summed E-state index contributed by atoms with van der Waals surface area (Å²) in [6.45, 7) is 0.131. The average Bonchev–Trinajstić information content (AvgIpc) is 2.98. The molecule has 0 fully saturated rings. The number of anilines is 1. The number of thiocarbonyl (C=S) groups is 1. The van der Waals surface area contributed by atoms with Gasteiger partial charge in [0.05, 0.1) is 5.02 Å². The molecule has 1 heterocycles. The minimum atomic E-state index is -0.535. The van der Waals surface area contributed by atoms with Gasteiger partial charge >= 0.3 is 0 Å². The van der Waals surface area contributed by atoms with Crippen LogP contribution in [0.1, 0.15) is 10.4 Å². The largest absolute Gasteiger partial charge is 0.454 e. The lowest BCUT2D eigenvalue weighted by atomic mass is 10.2. The molecule has 0 aliphatic carbocycles. The van der Waals surface area contributed by atoms with E-state index in [1.807, 2.05) is 0 Å². The van der Waals surface area contributed by atoms with Gasteiger partial charge in [0, 0.05) is 11.3 Å². The smallest absolute Gasteiger partial charge is 0.257 e. The lowest BCUT2D eigenvalue weighted by Crippen LogP contribution is -2.34. The molecule has 118 valence electrons. The number of hydrogen-bond donors (Lipinski definition) is 2. The summed E-state index contributed by atoms with van der Waals surface area (Å²) in [6.07, 6.45) is 0. The first-order chi connectivity index (χ1) is 11.0. The van der Waals surface area contributed by atoms with Crippen molar-refractivity contribution in [2.45, 2.75) is 0 Å². The maximum absolute atomic E-state index is 13.1. The first-order valence-corrected chi connectivity index (χ1v) is 7.28. The Hall–Kier alpha value is -2.38. The second kappa shape index (κ2) is 6.39. The van der Waals surface area contributed by atoms with E-state index in [1.54, 1.807) is 18.2 Å². The summed E-state index contributed by atoms with van der Waals surface area (Å²) in [4.78, 5) is 12.1. The van der Waals surface area contributed by atoms with Crippen molar-refractivity contribution in [2.24, 2.45) is 0 Å². The molecular formula is C15H10ClFN2O3S. The number of nitrogens with one attached hydrogen (secondary N) is 2. The summed E-state index contributed by atoms with van der Waals surface area (Å²) in [5.74, 6) is 0.145. The first-order valence-electron chi connectivity index (χ1n) is 6.50. The van der Waals surface area contributed by atoms with E-state index in [0.717, 1.165) is 0 Å². The van der Waals surface area contributed by atoms with Crippen molar-refractivity contribution >= 4 is 40.5 Å². The van der Waals surface area contributed by atoms with E-state index < -0.39 is 11.7 Å². The Balaban J connectivity index is 1.65. The number of hydrogen-bond acceptors (Lipinski definition) is 4. The van der Waals surface area contributed by atoms with Crippen molar-refractivity contribution in [3.05, 3.63) is 52.8 Å². The number of carbonyl (C=O) groups excluding carboxylic acids is 1. The third kappa shape index (κ3) is 3.52. The molecule has 2 aromatic rings. The van der Waals surface area contributed by atoms with E-state index in [4.69, 9.17) is 33.3 Å². The lowest BCUT2D eigenvalue weighted by molar-refractivity contribution is 0.0977. The van der Waals surface area contributed by atoms with Crippen LogP contribution in [0.5, 0.6) is 11.5 Å². The average molecular weight is 353 g/mol. The second-order valence-electron chi connectivity index (χ2n) is 4.61. The molecule has 2 N–H and O–H groups in total. The molecule has 0 radical (unpaired) electrons. The van der Waals surface area contributed by atoms with Gasteiger partial charge in [0.1, 0.15) is 5.82 Å². The monoisotopic (exact) mass is 352 g/mol. The zero-order valence-corrected chi connectivity index (χ0v) is 13.1. The van der Waals surface area contributed by atoms with E-state index in [2.05, 4.69) is 10.6 Å². The summed E-state index contributed by atoms with van der Waals surface area (Å²) >= 11 is 10.7. The zero-order chi connectivity index (χ0) is 16.4. The highest BCUT2D eigenvalue weighted by Gasteiger charge is 2.16. The van der Waals surface area contributed by atoms with E-state index in [-0.39, 0.29) is 16.9 Å². The molecule has 0 bridgehead atoms. The van der Waals surface area contributed by atoms with E-state index in [9.17, 15) is 9.18 Å². The predicted octanol–water partition coefficient (Wildman–Crippen LogP) is 3.33. The summed E-state index contributed by atoms with van der Waals surface area (Å²) < 4.78 is 23.5. The molecule has 5 nitrogen and oxygen atoms in total. The van der Waals surface area contributed by atoms with Crippen LogP contribution in [0.15, 0.2) is 36.4 Å². The lowest BCUT2D eigenvalue weighted by Gasteiger charge is -2.10. The molecule has 0 aromatic heterocycles. The topological polar surface area (TPSA) is 59.6 Å². The quantitative estimate of drug-likeness (QED) is 0.812. The van der Waals surface area contributed by atoms with Gasteiger partial charge in [0.2, 0.25) is 6.79 Å². The van der Waals surface area contributed by atoms with Crippen LogP contribution in [0.4, 0.5) is 10.1 Å². The van der Waals surface area contributed by atoms with Crippen molar-refractivity contribution in [3.8, 4) is 11.5 Å². The van der Waals surface area contributed by atoms with Crippen LogP contribution in [0, 0.1) is 5.82 Å². The Bertz CT molecular complexity index is 800. The number of amides is 1. The van der Waals surface area contributed by atoms with Gasteiger partial charge in [-0.25, -0.2) is 4.39 Å². The third-order valence-corrected chi connectivity index (χ3v) is 3.53. The fourth-order valence-electron chi connectivity index (χ4n) is 1.95. The Labute approximate surface area is 141 Å². The van der Waals surface area contributed by atoms with Crippen LogP contribution in [0.2, 0.25) is 5.02 Å².